The van der Waals surface area contributed by atoms with Crippen LogP contribution in [0.25, 0.3) is 0 Å². The second-order valence-electron chi connectivity index (χ2n) is 8.15. The Morgan fingerprint density at radius 3 is 2.42 bits per heavy atom. The van der Waals surface area contributed by atoms with Gasteiger partial charge in [-0.2, -0.15) is 0 Å². The first-order valence-corrected chi connectivity index (χ1v) is 10.2. The molecule has 2 fully saturated rings. The van der Waals surface area contributed by atoms with E-state index in [0.29, 0.717) is 13.2 Å². The van der Waals surface area contributed by atoms with Crippen LogP contribution in [-0.4, -0.2) is 55.2 Å². The molecule has 1 saturated heterocycles. The number of likely N-dealkylation sites (tertiary alicyclic amines) is 1. The molecule has 26 heavy (non-hydrogen) atoms. The van der Waals surface area contributed by atoms with E-state index in [0.717, 1.165) is 37.5 Å². The summed E-state index contributed by atoms with van der Waals surface area (Å²) in [4.78, 5) is 25.7. The molecule has 0 aromatic carbocycles. The summed E-state index contributed by atoms with van der Waals surface area (Å²) in [6, 6.07) is -0.144. The molecule has 0 bridgehead atoms. The lowest BCUT2D eigenvalue weighted by atomic mass is 9.80. The fraction of sp³-hybridized carbons (Fsp3) is 0.900. The zero-order chi connectivity index (χ0) is 19.1. The van der Waals surface area contributed by atoms with Crippen LogP contribution in [0.15, 0.2) is 0 Å². The van der Waals surface area contributed by atoms with Crippen LogP contribution in [-0.2, 0) is 19.1 Å². The summed E-state index contributed by atoms with van der Waals surface area (Å²) in [5.74, 6) is 1.17. The first-order chi connectivity index (χ1) is 12.4. The molecule has 1 amide bonds. The fourth-order valence-electron chi connectivity index (χ4n) is 4.22. The van der Waals surface area contributed by atoms with Crippen molar-refractivity contribution in [1.29, 1.82) is 0 Å². The third-order valence-electron chi connectivity index (χ3n) is 6.09. The Morgan fingerprint density at radius 1 is 1.12 bits per heavy atom. The second-order valence-corrected chi connectivity index (χ2v) is 8.15. The van der Waals surface area contributed by atoms with Crippen molar-refractivity contribution < 1.29 is 19.1 Å². The quantitative estimate of drug-likeness (QED) is 0.698. The Kier molecular flexibility index (Phi) is 8.35. The predicted octanol–water partition coefficient (Wildman–Crippen LogP) is 2.49. The average Bonchev–Trinajstić information content (AvgIpc) is 2.64. The van der Waals surface area contributed by atoms with Crippen molar-refractivity contribution in [3.63, 3.8) is 0 Å². The molecule has 2 rings (SSSR count). The van der Waals surface area contributed by atoms with Crippen LogP contribution in [0, 0.1) is 11.8 Å². The smallest absolute Gasteiger partial charge is 0.306 e. The lowest BCUT2D eigenvalue weighted by molar-refractivity contribution is -0.145. The van der Waals surface area contributed by atoms with E-state index in [-0.39, 0.29) is 42.9 Å². The molecule has 1 aliphatic heterocycles. The van der Waals surface area contributed by atoms with Crippen LogP contribution in [0.2, 0.25) is 0 Å². The zero-order valence-corrected chi connectivity index (χ0v) is 16.6. The van der Waals surface area contributed by atoms with Crippen molar-refractivity contribution in [2.45, 2.75) is 83.4 Å². The first-order valence-electron chi connectivity index (χ1n) is 10.2. The molecule has 0 radical (unpaired) electrons. The van der Waals surface area contributed by atoms with Crippen LogP contribution in [0.5, 0.6) is 0 Å². The highest BCUT2D eigenvalue weighted by molar-refractivity contribution is 5.81. The average molecular weight is 369 g/mol. The summed E-state index contributed by atoms with van der Waals surface area (Å²) in [6.07, 6.45) is 7.04. The SMILES string of the molecule is COC(=O)CCC(=O)N1CCCC(N)[C@@H]1CO[C@H]1CC[C@@H](C(C)C)CC1. The number of nitrogens with zero attached hydrogens (tertiary/aromatic N) is 1. The van der Waals surface area contributed by atoms with E-state index in [1.54, 1.807) is 0 Å². The molecule has 0 aromatic rings. The molecular formula is C20H36N2O4. The molecule has 1 heterocycles. The van der Waals surface area contributed by atoms with Gasteiger partial charge in [-0.1, -0.05) is 13.8 Å². The Bertz CT molecular complexity index is 461. The number of amides is 1. The molecule has 1 saturated carbocycles. The number of methoxy groups -OCH3 is 1. The molecule has 0 spiro atoms. The van der Waals surface area contributed by atoms with Crippen molar-refractivity contribution in [2.75, 3.05) is 20.3 Å². The third-order valence-corrected chi connectivity index (χ3v) is 6.09. The van der Waals surface area contributed by atoms with Gasteiger partial charge < -0.3 is 20.1 Å². The van der Waals surface area contributed by atoms with Gasteiger partial charge in [0, 0.05) is 19.0 Å². The van der Waals surface area contributed by atoms with Gasteiger partial charge in [0.15, 0.2) is 0 Å². The number of piperidine rings is 1. The highest BCUT2D eigenvalue weighted by atomic mass is 16.5. The van der Waals surface area contributed by atoms with Crippen LogP contribution < -0.4 is 5.73 Å². The fourth-order valence-corrected chi connectivity index (χ4v) is 4.22. The number of esters is 1. The minimum Gasteiger partial charge on any atom is -0.469 e. The summed E-state index contributed by atoms with van der Waals surface area (Å²) < 4.78 is 10.8. The maximum Gasteiger partial charge on any atom is 0.306 e. The number of carbonyl (C=O) groups excluding carboxylic acids is 2. The molecular weight excluding hydrogens is 332 g/mol. The number of nitrogens with two attached hydrogens (primary N) is 1. The molecule has 1 aliphatic carbocycles. The number of carbonyl (C=O) groups is 2. The minimum atomic E-state index is -0.352. The monoisotopic (exact) mass is 368 g/mol. The molecule has 0 aromatic heterocycles. The predicted molar refractivity (Wildman–Crippen MR) is 100 cm³/mol. The Hall–Kier alpha value is -1.14. The van der Waals surface area contributed by atoms with Crippen LogP contribution in [0.1, 0.15) is 65.2 Å². The Balaban J connectivity index is 1.84. The number of rotatable bonds is 7. The van der Waals surface area contributed by atoms with Gasteiger partial charge in [0.05, 0.1) is 32.3 Å². The van der Waals surface area contributed by atoms with E-state index in [9.17, 15) is 9.59 Å². The maximum absolute atomic E-state index is 12.6. The van der Waals surface area contributed by atoms with Gasteiger partial charge in [0.1, 0.15) is 0 Å². The normalized spacial score (nSPS) is 29.7. The van der Waals surface area contributed by atoms with E-state index >= 15 is 0 Å². The van der Waals surface area contributed by atoms with Gasteiger partial charge >= 0.3 is 5.97 Å². The highest BCUT2D eigenvalue weighted by Crippen LogP contribution is 2.31. The Morgan fingerprint density at radius 2 is 1.81 bits per heavy atom. The molecule has 2 N–H and O–H groups in total. The third kappa shape index (κ3) is 5.95. The first kappa shape index (κ1) is 21.2. The van der Waals surface area contributed by atoms with Gasteiger partial charge in [0.2, 0.25) is 5.91 Å². The molecule has 150 valence electrons. The largest absolute Gasteiger partial charge is 0.469 e. The Labute approximate surface area is 157 Å². The number of hydrogen-bond acceptors (Lipinski definition) is 5. The van der Waals surface area contributed by atoms with Crippen molar-refractivity contribution >= 4 is 11.9 Å². The van der Waals surface area contributed by atoms with E-state index in [1.807, 2.05) is 4.90 Å². The van der Waals surface area contributed by atoms with Gasteiger partial charge in [-0.25, -0.2) is 0 Å². The van der Waals surface area contributed by atoms with Crippen LogP contribution >= 0.6 is 0 Å². The van der Waals surface area contributed by atoms with Gasteiger partial charge in [-0.3, -0.25) is 9.59 Å². The van der Waals surface area contributed by atoms with Crippen molar-refractivity contribution in [1.82, 2.24) is 4.90 Å². The number of hydrogen-bond donors (Lipinski definition) is 1. The van der Waals surface area contributed by atoms with E-state index in [2.05, 4.69) is 18.6 Å². The van der Waals surface area contributed by atoms with Crippen molar-refractivity contribution in [3.8, 4) is 0 Å². The summed E-state index contributed by atoms with van der Waals surface area (Å²) in [7, 11) is 1.34. The summed E-state index contributed by atoms with van der Waals surface area (Å²) >= 11 is 0. The molecule has 2 atom stereocenters. The van der Waals surface area contributed by atoms with Crippen molar-refractivity contribution in [2.24, 2.45) is 17.6 Å². The molecule has 1 unspecified atom stereocenters. The minimum absolute atomic E-state index is 0.0253. The van der Waals surface area contributed by atoms with Gasteiger partial charge in [0.25, 0.3) is 0 Å². The lowest BCUT2D eigenvalue weighted by Gasteiger charge is -2.41. The van der Waals surface area contributed by atoms with E-state index in [4.69, 9.17) is 10.5 Å². The number of ether oxygens (including phenoxy) is 2. The molecule has 6 heteroatoms. The zero-order valence-electron chi connectivity index (χ0n) is 16.6. The highest BCUT2D eigenvalue weighted by Gasteiger charge is 2.33. The summed E-state index contributed by atoms with van der Waals surface area (Å²) in [6.45, 7) is 5.79. The lowest BCUT2D eigenvalue weighted by Crippen LogP contribution is -2.56. The van der Waals surface area contributed by atoms with Crippen LogP contribution in [0.3, 0.4) is 0 Å². The molecule has 2 aliphatic rings. The van der Waals surface area contributed by atoms with E-state index in [1.165, 1.54) is 20.0 Å². The van der Waals surface area contributed by atoms with Crippen LogP contribution in [0.4, 0.5) is 0 Å². The van der Waals surface area contributed by atoms with Crippen molar-refractivity contribution in [3.05, 3.63) is 0 Å². The summed E-state index contributed by atoms with van der Waals surface area (Å²) in [5.41, 5.74) is 6.30. The molecule has 6 nitrogen and oxygen atoms in total. The van der Waals surface area contributed by atoms with E-state index < -0.39 is 0 Å². The standard InChI is InChI=1S/C20H36N2O4/c1-14(2)15-6-8-16(9-7-15)26-13-18-17(21)5-4-12-22(18)19(23)10-11-20(24)25-3/h14-18H,4-13,21H2,1-3H3/t15-,16+,17?,18-/m0/s1. The maximum atomic E-state index is 12.6. The second kappa shape index (κ2) is 10.3. The van der Waals surface area contributed by atoms with Gasteiger partial charge in [-0.05, 0) is 50.4 Å². The van der Waals surface area contributed by atoms with Gasteiger partial charge in [-0.15, -0.1) is 0 Å². The summed E-state index contributed by atoms with van der Waals surface area (Å²) in [5, 5.41) is 0. The topological polar surface area (TPSA) is 81.9 Å².